The van der Waals surface area contributed by atoms with E-state index < -0.39 is 21.8 Å². The van der Waals surface area contributed by atoms with Gasteiger partial charge in [0.25, 0.3) is 21.8 Å². The molecule has 0 spiro atoms. The average molecular weight is 355 g/mol. The Morgan fingerprint density at radius 2 is 1.72 bits per heavy atom. The number of rotatable bonds is 4. The number of imide groups is 1. The van der Waals surface area contributed by atoms with E-state index in [-0.39, 0.29) is 22.1 Å². The van der Waals surface area contributed by atoms with Gasteiger partial charge < -0.3 is 0 Å². The number of anilines is 2. The number of benzene rings is 1. The summed E-state index contributed by atoms with van der Waals surface area (Å²) in [5, 5.41) is 8.79. The number of nitriles is 1. The standard InChI is InChI=1S/C15H9N5O4S/c16-9-10-8-13(21)20(14(10)22)11-2-4-12(5-3-11)25(23,24)19-15-17-6-1-7-18-15/h1-8H,(H,17,18,19). The number of carbonyl (C=O) groups is 2. The van der Waals surface area contributed by atoms with Crippen LogP contribution in [0.2, 0.25) is 0 Å². The first-order valence-corrected chi connectivity index (χ1v) is 8.31. The maximum atomic E-state index is 12.3. The third-order valence-electron chi connectivity index (χ3n) is 3.24. The van der Waals surface area contributed by atoms with Crippen LogP contribution in [0, 0.1) is 11.3 Å². The van der Waals surface area contributed by atoms with E-state index in [0.717, 1.165) is 11.0 Å². The molecule has 124 valence electrons. The van der Waals surface area contributed by atoms with Crippen LogP contribution in [0.5, 0.6) is 0 Å². The number of hydrogen-bond acceptors (Lipinski definition) is 7. The van der Waals surface area contributed by atoms with Gasteiger partial charge in [-0.15, -0.1) is 0 Å². The van der Waals surface area contributed by atoms with Crippen molar-refractivity contribution in [1.82, 2.24) is 9.97 Å². The zero-order chi connectivity index (χ0) is 18.0. The molecule has 1 aliphatic rings. The molecule has 0 atom stereocenters. The predicted molar refractivity (Wildman–Crippen MR) is 85.5 cm³/mol. The molecule has 0 saturated heterocycles. The molecule has 0 saturated carbocycles. The number of aromatic nitrogens is 2. The second-order valence-electron chi connectivity index (χ2n) is 4.82. The van der Waals surface area contributed by atoms with E-state index in [1.165, 1.54) is 36.7 Å². The molecule has 25 heavy (non-hydrogen) atoms. The minimum Gasteiger partial charge on any atom is -0.269 e. The van der Waals surface area contributed by atoms with Gasteiger partial charge in [0.05, 0.1) is 10.6 Å². The van der Waals surface area contributed by atoms with E-state index >= 15 is 0 Å². The Balaban J connectivity index is 1.85. The molecule has 2 aromatic rings. The molecule has 3 rings (SSSR count). The van der Waals surface area contributed by atoms with Crippen LogP contribution < -0.4 is 9.62 Å². The summed E-state index contributed by atoms with van der Waals surface area (Å²) < 4.78 is 26.7. The largest absolute Gasteiger partial charge is 0.276 e. The Bertz CT molecular complexity index is 1020. The molecule has 2 amide bonds. The fourth-order valence-electron chi connectivity index (χ4n) is 2.10. The van der Waals surface area contributed by atoms with E-state index in [9.17, 15) is 18.0 Å². The van der Waals surface area contributed by atoms with Crippen molar-refractivity contribution in [2.45, 2.75) is 4.90 Å². The highest BCUT2D eigenvalue weighted by atomic mass is 32.2. The molecule has 0 unspecified atom stereocenters. The highest BCUT2D eigenvalue weighted by molar-refractivity contribution is 7.92. The van der Waals surface area contributed by atoms with Crippen molar-refractivity contribution >= 4 is 33.5 Å². The number of nitrogens with one attached hydrogen (secondary N) is 1. The lowest BCUT2D eigenvalue weighted by atomic mass is 10.2. The number of amides is 2. The van der Waals surface area contributed by atoms with Crippen molar-refractivity contribution < 1.29 is 18.0 Å². The summed E-state index contributed by atoms with van der Waals surface area (Å²) in [5.41, 5.74) is -0.115. The normalized spacial score (nSPS) is 14.2. The van der Waals surface area contributed by atoms with E-state index in [1.54, 1.807) is 12.1 Å². The molecule has 9 nitrogen and oxygen atoms in total. The Morgan fingerprint density at radius 1 is 1.08 bits per heavy atom. The van der Waals surface area contributed by atoms with Gasteiger partial charge in [-0.2, -0.15) is 5.26 Å². The highest BCUT2D eigenvalue weighted by Gasteiger charge is 2.32. The van der Waals surface area contributed by atoms with Crippen molar-refractivity contribution in [3.05, 3.63) is 54.4 Å². The molecule has 1 N–H and O–H groups in total. The van der Waals surface area contributed by atoms with Gasteiger partial charge in [-0.05, 0) is 30.3 Å². The first-order chi connectivity index (χ1) is 11.9. The van der Waals surface area contributed by atoms with E-state index in [2.05, 4.69) is 14.7 Å². The molecule has 1 aliphatic heterocycles. The lowest BCUT2D eigenvalue weighted by molar-refractivity contribution is -0.120. The monoisotopic (exact) mass is 355 g/mol. The van der Waals surface area contributed by atoms with E-state index in [0.29, 0.717) is 0 Å². The van der Waals surface area contributed by atoms with Gasteiger partial charge in [-0.25, -0.2) is 28.0 Å². The number of sulfonamides is 1. The maximum Gasteiger partial charge on any atom is 0.276 e. The fourth-order valence-corrected chi connectivity index (χ4v) is 3.06. The Morgan fingerprint density at radius 3 is 2.28 bits per heavy atom. The molecule has 1 aromatic carbocycles. The third kappa shape index (κ3) is 3.08. The molecular formula is C15H9N5O4S. The van der Waals surface area contributed by atoms with Crippen LogP contribution in [0.3, 0.4) is 0 Å². The fraction of sp³-hybridized carbons (Fsp3) is 0. The van der Waals surface area contributed by atoms with E-state index in [1.807, 2.05) is 0 Å². The van der Waals surface area contributed by atoms with Gasteiger partial charge in [-0.1, -0.05) is 0 Å². The summed E-state index contributed by atoms with van der Waals surface area (Å²) in [5.74, 6) is -1.49. The molecule has 0 aliphatic carbocycles. The van der Waals surface area contributed by atoms with Gasteiger partial charge >= 0.3 is 0 Å². The van der Waals surface area contributed by atoms with Gasteiger partial charge in [0.15, 0.2) is 0 Å². The minimum atomic E-state index is -3.92. The van der Waals surface area contributed by atoms with Gasteiger partial charge in [0, 0.05) is 18.5 Å². The SMILES string of the molecule is N#CC1=CC(=O)N(c2ccc(S(=O)(=O)Nc3ncccn3)cc2)C1=O. The predicted octanol–water partition coefficient (Wildman–Crippen LogP) is 0.601. The summed E-state index contributed by atoms with van der Waals surface area (Å²) in [4.78, 5) is 32.0. The smallest absolute Gasteiger partial charge is 0.269 e. The Hall–Kier alpha value is -3.58. The quantitative estimate of drug-likeness (QED) is 0.794. The first-order valence-electron chi connectivity index (χ1n) is 6.82. The number of nitrogens with zero attached hydrogens (tertiary/aromatic N) is 4. The summed E-state index contributed by atoms with van der Waals surface area (Å²) in [6, 6.07) is 8.23. The molecule has 0 bridgehead atoms. The van der Waals surface area contributed by atoms with Crippen LogP contribution in [0.15, 0.2) is 59.3 Å². The number of carbonyl (C=O) groups excluding carboxylic acids is 2. The van der Waals surface area contributed by atoms with Gasteiger partial charge in [0.2, 0.25) is 5.95 Å². The lowest BCUT2D eigenvalue weighted by Gasteiger charge is -2.14. The number of hydrogen-bond donors (Lipinski definition) is 1. The molecule has 2 heterocycles. The third-order valence-corrected chi connectivity index (χ3v) is 4.58. The van der Waals surface area contributed by atoms with Crippen molar-refractivity contribution in [2.75, 3.05) is 9.62 Å². The lowest BCUT2D eigenvalue weighted by Crippen LogP contribution is -2.30. The molecule has 10 heteroatoms. The Kier molecular flexibility index (Phi) is 4.00. The summed E-state index contributed by atoms with van der Waals surface area (Å²) in [6.45, 7) is 0. The Labute approximate surface area is 142 Å². The van der Waals surface area contributed by atoms with Crippen LogP contribution >= 0.6 is 0 Å². The summed E-state index contributed by atoms with van der Waals surface area (Å²) in [6.07, 6.45) is 3.71. The summed E-state index contributed by atoms with van der Waals surface area (Å²) >= 11 is 0. The highest BCUT2D eigenvalue weighted by Crippen LogP contribution is 2.24. The molecule has 1 aromatic heterocycles. The second kappa shape index (κ2) is 6.14. The maximum absolute atomic E-state index is 12.3. The van der Waals surface area contributed by atoms with E-state index in [4.69, 9.17) is 5.26 Å². The average Bonchev–Trinajstić information content (AvgIpc) is 2.89. The zero-order valence-electron chi connectivity index (χ0n) is 12.4. The van der Waals surface area contributed by atoms with Crippen molar-refractivity contribution in [2.24, 2.45) is 0 Å². The van der Waals surface area contributed by atoms with Crippen LogP contribution in [-0.4, -0.2) is 30.2 Å². The van der Waals surface area contributed by atoms with Gasteiger partial charge in [0.1, 0.15) is 11.6 Å². The zero-order valence-corrected chi connectivity index (χ0v) is 13.3. The topological polar surface area (TPSA) is 133 Å². The van der Waals surface area contributed by atoms with Crippen LogP contribution in [0.4, 0.5) is 11.6 Å². The molecule has 0 radical (unpaired) electrons. The van der Waals surface area contributed by atoms with Crippen LogP contribution in [0.1, 0.15) is 0 Å². The van der Waals surface area contributed by atoms with Crippen molar-refractivity contribution in [3.8, 4) is 6.07 Å². The minimum absolute atomic E-state index is 0.0839. The molecule has 0 fully saturated rings. The van der Waals surface area contributed by atoms with Crippen molar-refractivity contribution in [1.29, 1.82) is 5.26 Å². The van der Waals surface area contributed by atoms with Crippen molar-refractivity contribution in [3.63, 3.8) is 0 Å². The molecular weight excluding hydrogens is 346 g/mol. The van der Waals surface area contributed by atoms with Crippen LogP contribution in [0.25, 0.3) is 0 Å². The van der Waals surface area contributed by atoms with Gasteiger partial charge in [-0.3, -0.25) is 9.59 Å². The summed E-state index contributed by atoms with van der Waals surface area (Å²) in [7, 11) is -3.92. The first kappa shape index (κ1) is 16.3. The second-order valence-corrected chi connectivity index (χ2v) is 6.50. The van der Waals surface area contributed by atoms with Crippen LogP contribution in [-0.2, 0) is 19.6 Å².